The van der Waals surface area contributed by atoms with E-state index in [-0.39, 0.29) is 5.25 Å². The van der Waals surface area contributed by atoms with Crippen LogP contribution in [0.2, 0.25) is 0 Å². The van der Waals surface area contributed by atoms with Crippen LogP contribution in [0.1, 0.15) is 39.0 Å². The third kappa shape index (κ3) is 3.68. The topological polar surface area (TPSA) is 49.4 Å². The van der Waals surface area contributed by atoms with Gasteiger partial charge in [-0.25, -0.2) is 8.42 Å². The van der Waals surface area contributed by atoms with Crippen LogP contribution in [0, 0.1) is 0 Å². The van der Waals surface area contributed by atoms with E-state index in [0.29, 0.717) is 18.3 Å². The molecule has 0 amide bonds. The number of hydrogen-bond donors (Lipinski definition) is 1. The SMILES string of the molecule is CCN1CCCC(NCC2CCCS2(=O)=O)CC1. The summed E-state index contributed by atoms with van der Waals surface area (Å²) in [5, 5.41) is 3.38. The lowest BCUT2D eigenvalue weighted by molar-refractivity contribution is 0.297. The first-order valence-corrected chi connectivity index (χ1v) is 9.00. The fraction of sp³-hybridized carbons (Fsp3) is 1.00. The Morgan fingerprint density at radius 1 is 1.17 bits per heavy atom. The third-order valence-electron chi connectivity index (χ3n) is 4.36. The molecule has 2 atom stereocenters. The quantitative estimate of drug-likeness (QED) is 0.832. The number of sulfone groups is 1. The molecule has 2 aliphatic rings. The average Bonchev–Trinajstić information content (AvgIpc) is 2.56. The van der Waals surface area contributed by atoms with E-state index in [1.54, 1.807) is 0 Å². The summed E-state index contributed by atoms with van der Waals surface area (Å²) >= 11 is 0. The van der Waals surface area contributed by atoms with Gasteiger partial charge >= 0.3 is 0 Å². The summed E-state index contributed by atoms with van der Waals surface area (Å²) in [6, 6.07) is 0.511. The van der Waals surface area contributed by atoms with Crippen molar-refractivity contribution in [3.8, 4) is 0 Å². The van der Waals surface area contributed by atoms with Crippen LogP contribution in [0.3, 0.4) is 0 Å². The first-order chi connectivity index (χ1) is 8.62. The van der Waals surface area contributed by atoms with Gasteiger partial charge in [0, 0.05) is 12.6 Å². The van der Waals surface area contributed by atoms with E-state index in [4.69, 9.17) is 0 Å². The molecule has 0 spiro atoms. The van der Waals surface area contributed by atoms with E-state index in [9.17, 15) is 8.42 Å². The highest BCUT2D eigenvalue weighted by atomic mass is 32.2. The maximum absolute atomic E-state index is 11.8. The molecule has 5 heteroatoms. The third-order valence-corrected chi connectivity index (χ3v) is 6.64. The summed E-state index contributed by atoms with van der Waals surface area (Å²) in [6.07, 6.45) is 5.26. The van der Waals surface area contributed by atoms with Crippen molar-refractivity contribution in [2.24, 2.45) is 0 Å². The Labute approximate surface area is 111 Å². The van der Waals surface area contributed by atoms with Crippen LogP contribution in [0.25, 0.3) is 0 Å². The van der Waals surface area contributed by atoms with Crippen molar-refractivity contribution >= 4 is 9.84 Å². The van der Waals surface area contributed by atoms with Gasteiger partial charge in [0.25, 0.3) is 0 Å². The Morgan fingerprint density at radius 3 is 2.67 bits per heavy atom. The van der Waals surface area contributed by atoms with Crippen LogP contribution >= 0.6 is 0 Å². The summed E-state index contributed by atoms with van der Waals surface area (Å²) in [4.78, 5) is 2.48. The lowest BCUT2D eigenvalue weighted by Gasteiger charge is -2.20. The molecule has 2 rings (SSSR count). The molecule has 2 saturated heterocycles. The zero-order valence-corrected chi connectivity index (χ0v) is 12.2. The Balaban J connectivity index is 1.76. The van der Waals surface area contributed by atoms with Gasteiger partial charge in [0.05, 0.1) is 11.0 Å². The summed E-state index contributed by atoms with van der Waals surface area (Å²) in [5.74, 6) is 0.396. The van der Waals surface area contributed by atoms with Gasteiger partial charge < -0.3 is 10.2 Å². The lowest BCUT2D eigenvalue weighted by Crippen LogP contribution is -2.38. The van der Waals surface area contributed by atoms with Crippen molar-refractivity contribution < 1.29 is 8.42 Å². The van der Waals surface area contributed by atoms with Gasteiger partial charge in [0.15, 0.2) is 9.84 Å². The fourth-order valence-electron chi connectivity index (χ4n) is 3.06. The molecule has 1 N–H and O–H groups in total. The second-order valence-electron chi connectivity index (χ2n) is 5.60. The van der Waals surface area contributed by atoms with Crippen LogP contribution in [-0.4, -0.2) is 56.5 Å². The minimum absolute atomic E-state index is 0.122. The number of likely N-dealkylation sites (tertiary alicyclic amines) is 1. The molecule has 0 bridgehead atoms. The van der Waals surface area contributed by atoms with E-state index >= 15 is 0 Å². The molecule has 0 aliphatic carbocycles. The van der Waals surface area contributed by atoms with E-state index in [0.717, 1.165) is 32.4 Å². The van der Waals surface area contributed by atoms with Gasteiger partial charge in [-0.3, -0.25) is 0 Å². The van der Waals surface area contributed by atoms with E-state index in [1.165, 1.54) is 19.4 Å². The van der Waals surface area contributed by atoms with E-state index in [1.807, 2.05) is 0 Å². The fourth-order valence-corrected chi connectivity index (χ4v) is 4.84. The van der Waals surface area contributed by atoms with Crippen LogP contribution in [0.15, 0.2) is 0 Å². The summed E-state index contributed by atoms with van der Waals surface area (Å²) < 4.78 is 23.5. The Morgan fingerprint density at radius 2 is 2.00 bits per heavy atom. The molecule has 18 heavy (non-hydrogen) atoms. The highest BCUT2D eigenvalue weighted by Crippen LogP contribution is 2.20. The maximum atomic E-state index is 11.8. The van der Waals surface area contributed by atoms with Gasteiger partial charge in [0.2, 0.25) is 0 Å². The number of rotatable bonds is 4. The Bertz CT molecular complexity index is 356. The smallest absolute Gasteiger partial charge is 0.154 e. The molecule has 0 aromatic rings. The molecule has 2 heterocycles. The van der Waals surface area contributed by atoms with Crippen molar-refractivity contribution in [3.63, 3.8) is 0 Å². The zero-order valence-electron chi connectivity index (χ0n) is 11.4. The molecule has 0 aromatic carbocycles. The first kappa shape index (κ1) is 14.3. The minimum atomic E-state index is -2.79. The molecular weight excluding hydrogens is 248 g/mol. The molecule has 2 fully saturated rings. The first-order valence-electron chi connectivity index (χ1n) is 7.29. The van der Waals surface area contributed by atoms with Gasteiger partial charge in [-0.1, -0.05) is 6.92 Å². The molecular formula is C13H26N2O2S. The van der Waals surface area contributed by atoms with Crippen LogP contribution in [0.5, 0.6) is 0 Å². The monoisotopic (exact) mass is 274 g/mol. The molecule has 106 valence electrons. The maximum Gasteiger partial charge on any atom is 0.154 e. The van der Waals surface area contributed by atoms with Crippen molar-refractivity contribution in [3.05, 3.63) is 0 Å². The number of nitrogens with zero attached hydrogens (tertiary/aromatic N) is 1. The highest BCUT2D eigenvalue weighted by Gasteiger charge is 2.31. The predicted molar refractivity (Wildman–Crippen MR) is 74.6 cm³/mol. The lowest BCUT2D eigenvalue weighted by atomic mass is 10.1. The van der Waals surface area contributed by atoms with Gasteiger partial charge in [-0.15, -0.1) is 0 Å². The van der Waals surface area contributed by atoms with E-state index < -0.39 is 9.84 Å². The number of nitrogens with one attached hydrogen (secondary N) is 1. The molecule has 0 saturated carbocycles. The molecule has 0 aromatic heterocycles. The van der Waals surface area contributed by atoms with Crippen molar-refractivity contribution in [2.45, 2.75) is 50.3 Å². The summed E-state index contributed by atoms with van der Waals surface area (Å²) in [7, 11) is -2.79. The number of hydrogen-bond acceptors (Lipinski definition) is 4. The largest absolute Gasteiger partial charge is 0.313 e. The molecule has 4 nitrogen and oxygen atoms in total. The molecule has 2 unspecified atom stereocenters. The van der Waals surface area contributed by atoms with Crippen LogP contribution in [0.4, 0.5) is 0 Å². The highest BCUT2D eigenvalue weighted by molar-refractivity contribution is 7.92. The second kappa shape index (κ2) is 6.35. The Kier molecular flexibility index (Phi) is 5.04. The normalized spacial score (nSPS) is 33.4. The van der Waals surface area contributed by atoms with Gasteiger partial charge in [0.1, 0.15) is 0 Å². The van der Waals surface area contributed by atoms with Crippen molar-refractivity contribution in [2.75, 3.05) is 31.9 Å². The predicted octanol–water partition coefficient (Wildman–Crippen LogP) is 1.03. The standard InChI is InChI=1S/C13H26N2O2S/c1-2-15-8-3-5-12(7-9-15)14-11-13-6-4-10-18(13,16)17/h12-14H,2-11H2,1H3. The second-order valence-corrected chi connectivity index (χ2v) is 8.00. The average molecular weight is 274 g/mol. The van der Waals surface area contributed by atoms with Crippen LogP contribution < -0.4 is 5.32 Å². The molecule has 0 radical (unpaired) electrons. The van der Waals surface area contributed by atoms with Crippen molar-refractivity contribution in [1.29, 1.82) is 0 Å². The summed E-state index contributed by atoms with van der Waals surface area (Å²) in [5.41, 5.74) is 0. The van der Waals surface area contributed by atoms with Crippen LogP contribution in [-0.2, 0) is 9.84 Å². The van der Waals surface area contributed by atoms with Gasteiger partial charge in [-0.2, -0.15) is 0 Å². The molecule has 2 aliphatic heterocycles. The zero-order chi connectivity index (χ0) is 13.0. The Hall–Kier alpha value is -0.130. The van der Waals surface area contributed by atoms with E-state index in [2.05, 4.69) is 17.1 Å². The minimum Gasteiger partial charge on any atom is -0.313 e. The van der Waals surface area contributed by atoms with Gasteiger partial charge in [-0.05, 0) is 51.7 Å². The van der Waals surface area contributed by atoms with Crippen molar-refractivity contribution in [1.82, 2.24) is 10.2 Å². The summed E-state index contributed by atoms with van der Waals surface area (Å²) in [6.45, 7) is 6.34.